The first-order chi connectivity index (χ1) is 18.2. The second-order valence-corrected chi connectivity index (χ2v) is 10.4. The van der Waals surface area contributed by atoms with Crippen molar-refractivity contribution >= 4 is 39.0 Å². The third-order valence-corrected chi connectivity index (χ3v) is 7.96. The van der Waals surface area contributed by atoms with E-state index in [4.69, 9.17) is 0 Å². The number of rotatable bonds is 6. The van der Waals surface area contributed by atoms with Crippen LogP contribution in [0.4, 0.5) is 5.69 Å². The predicted octanol–water partition coefficient (Wildman–Crippen LogP) is 7.41. The molecule has 1 aliphatic rings. The van der Waals surface area contributed by atoms with Crippen LogP contribution in [-0.2, 0) is 0 Å². The molecule has 0 saturated heterocycles. The van der Waals surface area contributed by atoms with Gasteiger partial charge in [-0.3, -0.25) is 15.1 Å². The number of pyridine rings is 3. The third kappa shape index (κ3) is 3.99. The molecule has 6 aromatic heterocycles. The number of nitrogens with one attached hydrogen (secondary N) is 3. The molecule has 1 fully saturated rings. The van der Waals surface area contributed by atoms with Crippen LogP contribution >= 0.6 is 11.3 Å². The Morgan fingerprint density at radius 2 is 1.81 bits per heavy atom. The molecule has 0 spiro atoms. The molecule has 182 valence electrons. The van der Waals surface area contributed by atoms with Gasteiger partial charge in [-0.1, -0.05) is 19.4 Å². The van der Waals surface area contributed by atoms with Crippen LogP contribution in [0, 0.1) is 5.92 Å². The van der Waals surface area contributed by atoms with Gasteiger partial charge in [0.05, 0.1) is 35.0 Å². The van der Waals surface area contributed by atoms with Crippen LogP contribution in [0.1, 0.15) is 25.7 Å². The van der Waals surface area contributed by atoms with Crippen molar-refractivity contribution in [1.82, 2.24) is 30.1 Å². The van der Waals surface area contributed by atoms with Crippen molar-refractivity contribution < 1.29 is 0 Å². The van der Waals surface area contributed by atoms with Crippen LogP contribution in [0.15, 0.2) is 78.3 Å². The van der Waals surface area contributed by atoms with Crippen LogP contribution in [0.25, 0.3) is 55.6 Å². The standard InChI is InChI=1S/C29H25N7S/c1-17(18-4-2-3-5-18)33-22-8-20(11-30-13-22)21-9-24-28(35-36-29(24)32-12-21)26-10-23-25(19-6-7-37-16-19)14-31-15-27(23)34-26/h6-16,18,33-34H,1-5H2,(H,32,35,36). The zero-order chi connectivity index (χ0) is 24.8. The molecule has 0 aromatic carbocycles. The Morgan fingerprint density at radius 3 is 2.68 bits per heavy atom. The molecule has 3 N–H and O–H groups in total. The van der Waals surface area contributed by atoms with Crippen molar-refractivity contribution in [3.05, 3.63) is 78.3 Å². The highest BCUT2D eigenvalue weighted by atomic mass is 32.1. The molecule has 7 rings (SSSR count). The fraction of sp³-hybridized carbons (Fsp3) is 0.172. The molecular weight excluding hydrogens is 478 g/mol. The van der Waals surface area contributed by atoms with Crippen LogP contribution in [0.2, 0.25) is 0 Å². The summed E-state index contributed by atoms with van der Waals surface area (Å²) in [6.45, 7) is 4.28. The summed E-state index contributed by atoms with van der Waals surface area (Å²) in [5, 5.41) is 17.4. The molecule has 0 bridgehead atoms. The minimum atomic E-state index is 0.543. The normalized spacial score (nSPS) is 14.1. The van der Waals surface area contributed by atoms with E-state index in [1.807, 2.05) is 31.0 Å². The molecule has 1 aliphatic carbocycles. The number of nitrogens with zero attached hydrogens (tertiary/aromatic N) is 4. The van der Waals surface area contributed by atoms with Crippen molar-refractivity contribution in [3.8, 4) is 33.6 Å². The number of H-pyrrole nitrogens is 2. The quantitative estimate of drug-likeness (QED) is 0.220. The first-order valence-corrected chi connectivity index (χ1v) is 13.4. The number of hydrogen-bond donors (Lipinski definition) is 3. The molecule has 1 saturated carbocycles. The lowest BCUT2D eigenvalue weighted by Gasteiger charge is -2.15. The van der Waals surface area contributed by atoms with Gasteiger partial charge in [0.25, 0.3) is 0 Å². The van der Waals surface area contributed by atoms with Gasteiger partial charge in [-0.05, 0) is 59.3 Å². The zero-order valence-electron chi connectivity index (χ0n) is 20.2. The highest BCUT2D eigenvalue weighted by molar-refractivity contribution is 7.08. The molecule has 6 heterocycles. The van der Waals surface area contributed by atoms with E-state index in [1.54, 1.807) is 11.3 Å². The first-order valence-electron chi connectivity index (χ1n) is 12.5. The Kier molecular flexibility index (Phi) is 5.32. The van der Waals surface area contributed by atoms with E-state index in [0.29, 0.717) is 11.6 Å². The fourth-order valence-corrected chi connectivity index (χ4v) is 5.98. The molecule has 37 heavy (non-hydrogen) atoms. The van der Waals surface area contributed by atoms with E-state index in [2.05, 4.69) is 77.1 Å². The lowest BCUT2D eigenvalue weighted by Crippen LogP contribution is -2.07. The van der Waals surface area contributed by atoms with Gasteiger partial charge in [0.2, 0.25) is 0 Å². The summed E-state index contributed by atoms with van der Waals surface area (Å²) in [6, 6.07) is 8.51. The summed E-state index contributed by atoms with van der Waals surface area (Å²) >= 11 is 1.68. The second kappa shape index (κ2) is 8.97. The van der Waals surface area contributed by atoms with E-state index in [-0.39, 0.29) is 0 Å². The SMILES string of the molecule is C=C(Nc1cncc(-c2cnc3n[nH]c(-c4cc5c(-c6ccsc6)cncc5[nH]4)c3c2)c1)C1CCCC1. The second-order valence-electron chi connectivity index (χ2n) is 9.63. The lowest BCUT2D eigenvalue weighted by molar-refractivity contribution is 0.649. The molecule has 0 amide bonds. The molecule has 6 aromatic rings. The summed E-state index contributed by atoms with van der Waals surface area (Å²) in [5.41, 5.74) is 9.78. The molecular formula is C29H25N7S. The Balaban J connectivity index is 1.25. The predicted molar refractivity (Wildman–Crippen MR) is 150 cm³/mol. The summed E-state index contributed by atoms with van der Waals surface area (Å²) in [5.74, 6) is 0.543. The highest BCUT2D eigenvalue weighted by Crippen LogP contribution is 2.35. The van der Waals surface area contributed by atoms with Crippen LogP contribution in [0.3, 0.4) is 0 Å². The topological polar surface area (TPSA) is 95.2 Å². The minimum Gasteiger partial charge on any atom is -0.358 e. The number of hydrogen-bond acceptors (Lipinski definition) is 6. The van der Waals surface area contributed by atoms with E-state index in [9.17, 15) is 0 Å². The van der Waals surface area contributed by atoms with Gasteiger partial charge in [-0.2, -0.15) is 16.4 Å². The van der Waals surface area contributed by atoms with E-state index in [0.717, 1.165) is 55.8 Å². The molecule has 0 atom stereocenters. The van der Waals surface area contributed by atoms with Gasteiger partial charge < -0.3 is 10.3 Å². The summed E-state index contributed by atoms with van der Waals surface area (Å²) in [6.07, 6.45) is 14.3. The largest absolute Gasteiger partial charge is 0.358 e. The molecule has 0 aliphatic heterocycles. The van der Waals surface area contributed by atoms with E-state index < -0.39 is 0 Å². The summed E-state index contributed by atoms with van der Waals surface area (Å²) in [4.78, 5) is 17.1. The molecule has 8 heteroatoms. The first kappa shape index (κ1) is 21.9. The number of thiophene rings is 1. The van der Waals surface area contributed by atoms with Crippen molar-refractivity contribution in [2.45, 2.75) is 25.7 Å². The fourth-order valence-electron chi connectivity index (χ4n) is 5.32. The zero-order valence-corrected chi connectivity index (χ0v) is 21.0. The number of fused-ring (bicyclic) bond motifs is 2. The Morgan fingerprint density at radius 1 is 0.946 bits per heavy atom. The number of aromatic amines is 2. The van der Waals surface area contributed by atoms with Crippen LogP contribution in [-0.4, -0.2) is 30.1 Å². The van der Waals surface area contributed by atoms with Crippen molar-refractivity contribution in [2.24, 2.45) is 5.92 Å². The highest BCUT2D eigenvalue weighted by Gasteiger charge is 2.19. The maximum Gasteiger partial charge on any atom is 0.181 e. The molecule has 7 nitrogen and oxygen atoms in total. The monoisotopic (exact) mass is 503 g/mol. The number of anilines is 1. The summed E-state index contributed by atoms with van der Waals surface area (Å²) in [7, 11) is 0. The summed E-state index contributed by atoms with van der Waals surface area (Å²) < 4.78 is 0. The maximum atomic E-state index is 4.64. The Labute approximate surface area is 217 Å². The Hall–Kier alpha value is -4.30. The van der Waals surface area contributed by atoms with Gasteiger partial charge in [0.15, 0.2) is 5.65 Å². The van der Waals surface area contributed by atoms with E-state index >= 15 is 0 Å². The van der Waals surface area contributed by atoms with Crippen molar-refractivity contribution in [2.75, 3.05) is 5.32 Å². The maximum absolute atomic E-state index is 4.64. The number of aromatic nitrogens is 6. The third-order valence-electron chi connectivity index (χ3n) is 7.28. The minimum absolute atomic E-state index is 0.543. The number of allylic oxidation sites excluding steroid dienone is 1. The van der Waals surface area contributed by atoms with Gasteiger partial charge in [0, 0.05) is 51.8 Å². The average Bonchev–Trinajstić information content (AvgIpc) is 3.74. The van der Waals surface area contributed by atoms with Crippen molar-refractivity contribution in [3.63, 3.8) is 0 Å². The average molecular weight is 504 g/mol. The van der Waals surface area contributed by atoms with Gasteiger partial charge in [-0.25, -0.2) is 4.98 Å². The van der Waals surface area contributed by atoms with Gasteiger partial charge >= 0.3 is 0 Å². The van der Waals surface area contributed by atoms with Crippen LogP contribution in [0.5, 0.6) is 0 Å². The van der Waals surface area contributed by atoms with Gasteiger partial charge in [-0.15, -0.1) is 0 Å². The molecule has 0 radical (unpaired) electrons. The van der Waals surface area contributed by atoms with Crippen molar-refractivity contribution in [1.29, 1.82) is 0 Å². The van der Waals surface area contributed by atoms with E-state index in [1.165, 1.54) is 31.2 Å². The Bertz CT molecular complexity index is 1740. The van der Waals surface area contributed by atoms with Gasteiger partial charge in [0.1, 0.15) is 0 Å². The smallest absolute Gasteiger partial charge is 0.181 e. The lowest BCUT2D eigenvalue weighted by atomic mass is 10.0. The van der Waals surface area contributed by atoms with Crippen LogP contribution < -0.4 is 5.32 Å². The molecule has 0 unspecified atom stereocenters.